The second-order valence-electron chi connectivity index (χ2n) is 10.1. The number of aliphatic hydroxyl groups is 1. The molecular formula is C22H37NO2. The van der Waals surface area contributed by atoms with Gasteiger partial charge in [-0.1, -0.05) is 19.8 Å². The van der Waals surface area contributed by atoms with Gasteiger partial charge in [0, 0.05) is 12.0 Å². The fourth-order valence-electron chi connectivity index (χ4n) is 7.93. The molecule has 142 valence electrons. The fourth-order valence-corrected chi connectivity index (χ4v) is 7.93. The Kier molecular flexibility index (Phi) is 4.56. The molecule has 0 aromatic heterocycles. The highest BCUT2D eigenvalue weighted by molar-refractivity contribution is 5.48. The van der Waals surface area contributed by atoms with Crippen LogP contribution in [0.15, 0.2) is 0 Å². The predicted octanol–water partition coefficient (Wildman–Crippen LogP) is 4.21. The third kappa shape index (κ3) is 2.56. The average Bonchev–Trinajstić information content (AvgIpc) is 2.92. The van der Waals surface area contributed by atoms with E-state index in [1.807, 2.05) is 0 Å². The van der Waals surface area contributed by atoms with Crippen LogP contribution < -0.4 is 5.73 Å². The summed E-state index contributed by atoms with van der Waals surface area (Å²) in [5.74, 6) is 2.29. The first-order chi connectivity index (χ1) is 11.9. The van der Waals surface area contributed by atoms with Crippen molar-refractivity contribution in [3.63, 3.8) is 0 Å². The molecule has 0 saturated heterocycles. The third-order valence-corrected chi connectivity index (χ3v) is 9.39. The van der Waals surface area contributed by atoms with Crippen molar-refractivity contribution in [1.29, 1.82) is 0 Å². The number of fused-ring (bicyclic) bond motifs is 5. The van der Waals surface area contributed by atoms with Gasteiger partial charge in [0.1, 0.15) is 6.29 Å². The SMILES string of the molecule is CC12CCCCC1(N)CCC1C3CCC(CCCC=O)C3(O)CCC12. The molecule has 4 aliphatic carbocycles. The van der Waals surface area contributed by atoms with E-state index in [1.165, 1.54) is 38.5 Å². The molecule has 0 aliphatic heterocycles. The van der Waals surface area contributed by atoms with Crippen LogP contribution in [0.3, 0.4) is 0 Å². The van der Waals surface area contributed by atoms with Crippen molar-refractivity contribution in [2.24, 2.45) is 34.8 Å². The topological polar surface area (TPSA) is 63.3 Å². The maximum atomic E-state index is 11.6. The molecule has 25 heavy (non-hydrogen) atoms. The third-order valence-electron chi connectivity index (χ3n) is 9.39. The van der Waals surface area contributed by atoms with E-state index in [2.05, 4.69) is 6.92 Å². The van der Waals surface area contributed by atoms with Crippen molar-refractivity contribution in [1.82, 2.24) is 0 Å². The van der Waals surface area contributed by atoms with Gasteiger partial charge in [0.05, 0.1) is 5.60 Å². The summed E-state index contributed by atoms with van der Waals surface area (Å²) in [5.41, 5.74) is 6.86. The van der Waals surface area contributed by atoms with Crippen molar-refractivity contribution in [3.8, 4) is 0 Å². The lowest BCUT2D eigenvalue weighted by Gasteiger charge is -2.64. The minimum atomic E-state index is -0.455. The summed E-state index contributed by atoms with van der Waals surface area (Å²) >= 11 is 0. The van der Waals surface area contributed by atoms with Gasteiger partial charge in [0.2, 0.25) is 0 Å². The summed E-state index contributed by atoms with van der Waals surface area (Å²) in [7, 11) is 0. The Balaban J connectivity index is 1.55. The number of rotatable bonds is 4. The molecule has 0 spiro atoms. The maximum Gasteiger partial charge on any atom is 0.119 e. The molecule has 4 rings (SSSR count). The molecular weight excluding hydrogens is 310 g/mol. The Labute approximate surface area is 153 Å². The second-order valence-corrected chi connectivity index (χ2v) is 10.1. The van der Waals surface area contributed by atoms with E-state index in [0.29, 0.717) is 30.1 Å². The molecule has 4 fully saturated rings. The zero-order chi connectivity index (χ0) is 17.7. The average molecular weight is 348 g/mol. The monoisotopic (exact) mass is 347 g/mol. The predicted molar refractivity (Wildman–Crippen MR) is 100 cm³/mol. The molecule has 0 radical (unpaired) electrons. The molecule has 7 atom stereocenters. The molecule has 7 unspecified atom stereocenters. The van der Waals surface area contributed by atoms with Crippen LogP contribution in [0.4, 0.5) is 0 Å². The van der Waals surface area contributed by atoms with Crippen molar-refractivity contribution in [2.75, 3.05) is 0 Å². The van der Waals surface area contributed by atoms with Crippen molar-refractivity contribution >= 4 is 6.29 Å². The Morgan fingerprint density at radius 1 is 1.04 bits per heavy atom. The lowest BCUT2D eigenvalue weighted by atomic mass is 9.44. The van der Waals surface area contributed by atoms with Crippen LogP contribution in [0.25, 0.3) is 0 Å². The summed E-state index contributed by atoms with van der Waals surface area (Å²) in [6, 6.07) is 0. The minimum absolute atomic E-state index is 0.0455. The van der Waals surface area contributed by atoms with E-state index in [4.69, 9.17) is 5.73 Å². The molecule has 3 N–H and O–H groups in total. The number of carbonyl (C=O) groups is 1. The van der Waals surface area contributed by atoms with E-state index >= 15 is 0 Å². The van der Waals surface area contributed by atoms with Gasteiger partial charge in [0.25, 0.3) is 0 Å². The summed E-state index contributed by atoms with van der Waals surface area (Å²) in [6.45, 7) is 2.49. The highest BCUT2D eigenvalue weighted by Crippen LogP contribution is 2.65. The van der Waals surface area contributed by atoms with Crippen molar-refractivity contribution in [2.45, 2.75) is 102 Å². The highest BCUT2D eigenvalue weighted by atomic mass is 16.3. The van der Waals surface area contributed by atoms with Gasteiger partial charge >= 0.3 is 0 Å². The van der Waals surface area contributed by atoms with Crippen molar-refractivity contribution in [3.05, 3.63) is 0 Å². The molecule has 0 heterocycles. The number of nitrogens with two attached hydrogens (primary N) is 1. The number of hydrogen-bond acceptors (Lipinski definition) is 3. The largest absolute Gasteiger partial charge is 0.389 e. The standard InChI is InChI=1S/C22H37NO2/c1-20-11-3-4-12-21(20,23)13-9-17-18(20)10-14-22(25)16(6-2-5-15-24)7-8-19(17)22/h15-19,25H,2-14,23H2,1H3. The first-order valence-corrected chi connectivity index (χ1v) is 10.9. The Morgan fingerprint density at radius 3 is 2.64 bits per heavy atom. The molecule has 4 aliphatic rings. The smallest absolute Gasteiger partial charge is 0.119 e. The van der Waals surface area contributed by atoms with Gasteiger partial charge in [-0.25, -0.2) is 0 Å². The molecule has 3 nitrogen and oxygen atoms in total. The summed E-state index contributed by atoms with van der Waals surface area (Å²) in [4.78, 5) is 10.7. The number of hydrogen-bond donors (Lipinski definition) is 2. The van der Waals surface area contributed by atoms with Gasteiger partial charge < -0.3 is 15.6 Å². The summed E-state index contributed by atoms with van der Waals surface area (Å²) in [5, 5.41) is 11.6. The van der Waals surface area contributed by atoms with Crippen LogP contribution in [-0.4, -0.2) is 22.5 Å². The van der Waals surface area contributed by atoms with Crippen molar-refractivity contribution < 1.29 is 9.90 Å². The van der Waals surface area contributed by atoms with E-state index in [1.54, 1.807) is 0 Å². The quantitative estimate of drug-likeness (QED) is 0.591. The van der Waals surface area contributed by atoms with E-state index < -0.39 is 5.60 Å². The Morgan fingerprint density at radius 2 is 1.84 bits per heavy atom. The lowest BCUT2D eigenvalue weighted by molar-refractivity contribution is -0.161. The molecule has 0 amide bonds. The molecule has 0 aromatic carbocycles. The normalized spacial score (nSPS) is 52.1. The second kappa shape index (κ2) is 6.34. The Bertz CT molecular complexity index is 522. The van der Waals surface area contributed by atoms with Gasteiger partial charge in [-0.15, -0.1) is 0 Å². The van der Waals surface area contributed by atoms with Gasteiger partial charge in [-0.05, 0) is 93.3 Å². The number of aldehydes is 1. The van der Waals surface area contributed by atoms with Gasteiger partial charge in [-0.2, -0.15) is 0 Å². The van der Waals surface area contributed by atoms with Crippen LogP contribution in [0.1, 0.15) is 90.4 Å². The Hall–Kier alpha value is -0.410. The summed E-state index contributed by atoms with van der Waals surface area (Å²) in [6.07, 6.45) is 15.7. The lowest BCUT2D eigenvalue weighted by Crippen LogP contribution is -2.66. The minimum Gasteiger partial charge on any atom is -0.389 e. The van der Waals surface area contributed by atoms with E-state index in [9.17, 15) is 9.90 Å². The molecule has 0 bridgehead atoms. The molecule has 4 saturated carbocycles. The highest BCUT2D eigenvalue weighted by Gasteiger charge is 2.63. The van der Waals surface area contributed by atoms with E-state index in [-0.39, 0.29) is 11.0 Å². The molecule has 0 aromatic rings. The van der Waals surface area contributed by atoms with Crippen LogP contribution in [0.2, 0.25) is 0 Å². The maximum absolute atomic E-state index is 11.6. The summed E-state index contributed by atoms with van der Waals surface area (Å²) < 4.78 is 0. The van der Waals surface area contributed by atoms with Crippen LogP contribution >= 0.6 is 0 Å². The van der Waals surface area contributed by atoms with Gasteiger partial charge in [0.15, 0.2) is 0 Å². The number of carbonyl (C=O) groups excluding carboxylic acids is 1. The van der Waals surface area contributed by atoms with Gasteiger partial charge in [-0.3, -0.25) is 0 Å². The van der Waals surface area contributed by atoms with Crippen LogP contribution in [0, 0.1) is 29.1 Å². The zero-order valence-electron chi connectivity index (χ0n) is 16.0. The first-order valence-electron chi connectivity index (χ1n) is 10.9. The van der Waals surface area contributed by atoms with Crippen LogP contribution in [0.5, 0.6) is 0 Å². The van der Waals surface area contributed by atoms with Crippen LogP contribution in [-0.2, 0) is 4.79 Å². The number of unbranched alkanes of at least 4 members (excludes halogenated alkanes) is 1. The zero-order valence-corrected chi connectivity index (χ0v) is 16.0. The first kappa shape index (κ1) is 18.0. The fraction of sp³-hybridized carbons (Fsp3) is 0.955. The molecule has 3 heteroatoms. The van der Waals surface area contributed by atoms with E-state index in [0.717, 1.165) is 44.8 Å².